The van der Waals surface area contributed by atoms with Gasteiger partial charge in [-0.25, -0.2) is 0 Å². The molecule has 3 heteroatoms. The largest absolute Gasteiger partial charge is 0.394 e. The Bertz CT molecular complexity index is 384. The Kier molecular flexibility index (Phi) is 2.93. The van der Waals surface area contributed by atoms with Gasteiger partial charge in [0.2, 0.25) is 5.91 Å². The Labute approximate surface area is 121 Å². The third kappa shape index (κ3) is 1.78. The molecule has 4 aliphatic carbocycles. The molecule has 2 atom stereocenters. The molecule has 1 N–H and O–H groups in total. The van der Waals surface area contributed by atoms with E-state index in [2.05, 4.69) is 11.8 Å². The van der Waals surface area contributed by atoms with Crippen molar-refractivity contribution in [2.24, 2.45) is 29.1 Å². The van der Waals surface area contributed by atoms with Crippen LogP contribution in [0.25, 0.3) is 0 Å². The molecular formula is C17H27NO2. The lowest BCUT2D eigenvalue weighted by Gasteiger charge is -2.56. The summed E-state index contributed by atoms with van der Waals surface area (Å²) in [4.78, 5) is 15.3. The monoisotopic (exact) mass is 277 g/mol. The van der Waals surface area contributed by atoms with Gasteiger partial charge in [-0.3, -0.25) is 4.79 Å². The highest BCUT2D eigenvalue weighted by Gasteiger charge is 2.56. The van der Waals surface area contributed by atoms with Crippen molar-refractivity contribution < 1.29 is 9.90 Å². The Morgan fingerprint density at radius 2 is 1.70 bits per heavy atom. The maximum Gasteiger partial charge on any atom is 0.229 e. The van der Waals surface area contributed by atoms with Gasteiger partial charge in [0.25, 0.3) is 0 Å². The van der Waals surface area contributed by atoms with Gasteiger partial charge in [-0.1, -0.05) is 6.92 Å². The summed E-state index contributed by atoms with van der Waals surface area (Å²) in [5.74, 6) is 3.31. The van der Waals surface area contributed by atoms with E-state index in [9.17, 15) is 9.90 Å². The van der Waals surface area contributed by atoms with Crippen LogP contribution in [-0.4, -0.2) is 35.1 Å². The summed E-state index contributed by atoms with van der Waals surface area (Å²) >= 11 is 0. The van der Waals surface area contributed by atoms with E-state index >= 15 is 0 Å². The molecule has 1 amide bonds. The molecule has 5 fully saturated rings. The van der Waals surface area contributed by atoms with Crippen LogP contribution in [0.3, 0.4) is 0 Å². The van der Waals surface area contributed by atoms with Crippen LogP contribution in [0.1, 0.15) is 51.9 Å². The van der Waals surface area contributed by atoms with Crippen LogP contribution in [0.4, 0.5) is 0 Å². The van der Waals surface area contributed by atoms with Crippen molar-refractivity contribution in [3.63, 3.8) is 0 Å². The zero-order valence-corrected chi connectivity index (χ0v) is 12.6. The van der Waals surface area contributed by atoms with Gasteiger partial charge in [0.15, 0.2) is 0 Å². The van der Waals surface area contributed by atoms with Crippen molar-refractivity contribution in [3.05, 3.63) is 0 Å². The van der Waals surface area contributed by atoms with E-state index in [4.69, 9.17) is 0 Å². The molecule has 0 spiro atoms. The van der Waals surface area contributed by atoms with Gasteiger partial charge in [0.05, 0.1) is 18.1 Å². The molecule has 1 saturated heterocycles. The van der Waals surface area contributed by atoms with Gasteiger partial charge in [0, 0.05) is 6.54 Å². The third-order valence-electron chi connectivity index (χ3n) is 6.82. The zero-order valence-electron chi connectivity index (χ0n) is 12.6. The number of carbonyl (C=O) groups is 1. The fourth-order valence-corrected chi connectivity index (χ4v) is 6.22. The van der Waals surface area contributed by atoms with Gasteiger partial charge < -0.3 is 10.0 Å². The zero-order chi connectivity index (χ0) is 13.9. The summed E-state index contributed by atoms with van der Waals surface area (Å²) in [6.07, 6.45) is 8.62. The average molecular weight is 277 g/mol. The van der Waals surface area contributed by atoms with E-state index in [1.807, 2.05) is 0 Å². The van der Waals surface area contributed by atoms with Gasteiger partial charge in [-0.15, -0.1) is 0 Å². The van der Waals surface area contributed by atoms with Gasteiger partial charge in [-0.2, -0.15) is 0 Å². The first-order chi connectivity index (χ1) is 9.61. The first-order valence-electron chi connectivity index (χ1n) is 8.53. The smallest absolute Gasteiger partial charge is 0.229 e. The first kappa shape index (κ1) is 13.1. The molecule has 0 aromatic carbocycles. The van der Waals surface area contributed by atoms with Gasteiger partial charge in [0.1, 0.15) is 0 Å². The third-order valence-corrected chi connectivity index (χ3v) is 6.82. The number of hydrogen-bond donors (Lipinski definition) is 1. The van der Waals surface area contributed by atoms with E-state index in [-0.39, 0.29) is 18.1 Å². The first-order valence-corrected chi connectivity index (χ1v) is 8.53. The molecule has 0 aromatic heterocycles. The lowest BCUT2D eigenvalue weighted by Crippen LogP contribution is -2.56. The number of aliphatic hydroxyl groups is 1. The van der Waals surface area contributed by atoms with Crippen molar-refractivity contribution in [1.29, 1.82) is 0 Å². The molecule has 112 valence electrons. The van der Waals surface area contributed by atoms with E-state index in [1.165, 1.54) is 19.3 Å². The van der Waals surface area contributed by atoms with E-state index in [0.29, 0.717) is 11.8 Å². The van der Waals surface area contributed by atoms with Crippen molar-refractivity contribution in [3.8, 4) is 0 Å². The maximum atomic E-state index is 13.2. The lowest BCUT2D eigenvalue weighted by molar-refractivity contribution is -0.159. The standard InChI is InChI=1S/C17H27NO2/c1-11-2-3-18(15(11)10-19)16(20)17-7-12-4-13(8-17)6-14(5-12)9-17/h11-15,19H,2-10H2,1H3. The molecule has 20 heavy (non-hydrogen) atoms. The molecule has 1 aliphatic heterocycles. The quantitative estimate of drug-likeness (QED) is 0.842. The second kappa shape index (κ2) is 4.46. The highest BCUT2D eigenvalue weighted by atomic mass is 16.3. The highest BCUT2D eigenvalue weighted by Crippen LogP contribution is 2.60. The van der Waals surface area contributed by atoms with E-state index < -0.39 is 0 Å². The Morgan fingerprint density at radius 3 is 2.20 bits per heavy atom. The predicted octanol–water partition coefficient (Wildman–Crippen LogP) is 2.43. The molecule has 4 saturated carbocycles. The van der Waals surface area contributed by atoms with Crippen LogP contribution < -0.4 is 0 Å². The Balaban J connectivity index is 1.59. The van der Waals surface area contributed by atoms with Crippen LogP contribution in [0.5, 0.6) is 0 Å². The van der Waals surface area contributed by atoms with E-state index in [0.717, 1.165) is 50.0 Å². The molecule has 4 bridgehead atoms. The van der Waals surface area contributed by atoms with Crippen LogP contribution in [0, 0.1) is 29.1 Å². The number of amides is 1. The average Bonchev–Trinajstić information content (AvgIpc) is 2.77. The number of rotatable bonds is 2. The Morgan fingerprint density at radius 1 is 1.15 bits per heavy atom. The highest BCUT2D eigenvalue weighted by molar-refractivity contribution is 5.84. The van der Waals surface area contributed by atoms with Gasteiger partial charge >= 0.3 is 0 Å². The summed E-state index contributed by atoms with van der Waals surface area (Å²) in [6, 6.07) is 0.0792. The molecule has 1 heterocycles. The molecule has 5 aliphatic rings. The molecule has 0 aromatic rings. The number of carbonyl (C=O) groups excluding carboxylic acids is 1. The van der Waals surface area contributed by atoms with Crippen LogP contribution in [0.2, 0.25) is 0 Å². The number of likely N-dealkylation sites (tertiary alicyclic amines) is 1. The molecule has 5 rings (SSSR count). The summed E-state index contributed by atoms with van der Waals surface area (Å²) in [5.41, 5.74) is -0.0355. The van der Waals surface area contributed by atoms with Crippen LogP contribution >= 0.6 is 0 Å². The molecule has 0 radical (unpaired) electrons. The summed E-state index contributed by atoms with van der Waals surface area (Å²) in [7, 11) is 0. The predicted molar refractivity (Wildman–Crippen MR) is 77.0 cm³/mol. The normalized spacial score (nSPS) is 49.9. The van der Waals surface area contributed by atoms with Crippen LogP contribution in [0.15, 0.2) is 0 Å². The van der Waals surface area contributed by atoms with Gasteiger partial charge in [-0.05, 0) is 68.6 Å². The topological polar surface area (TPSA) is 40.5 Å². The number of hydrogen-bond acceptors (Lipinski definition) is 2. The summed E-state index contributed by atoms with van der Waals surface area (Å²) in [5, 5.41) is 9.64. The van der Waals surface area contributed by atoms with Crippen molar-refractivity contribution in [2.75, 3.05) is 13.2 Å². The molecule has 2 unspecified atom stereocenters. The molecular weight excluding hydrogens is 250 g/mol. The number of nitrogens with zero attached hydrogens (tertiary/aromatic N) is 1. The van der Waals surface area contributed by atoms with Crippen molar-refractivity contribution in [2.45, 2.75) is 57.9 Å². The second-order valence-electron chi connectivity index (χ2n) is 8.21. The number of aliphatic hydroxyl groups excluding tert-OH is 1. The van der Waals surface area contributed by atoms with Crippen LogP contribution in [-0.2, 0) is 4.79 Å². The maximum absolute atomic E-state index is 13.2. The van der Waals surface area contributed by atoms with Crippen molar-refractivity contribution >= 4 is 5.91 Å². The second-order valence-corrected chi connectivity index (χ2v) is 8.21. The minimum atomic E-state index is -0.0355. The minimum absolute atomic E-state index is 0.0355. The lowest BCUT2D eigenvalue weighted by atomic mass is 9.49. The van der Waals surface area contributed by atoms with Crippen molar-refractivity contribution in [1.82, 2.24) is 4.90 Å². The fourth-order valence-electron chi connectivity index (χ4n) is 6.22. The fraction of sp³-hybridized carbons (Fsp3) is 0.941. The Hall–Kier alpha value is -0.570. The SMILES string of the molecule is CC1CCN(C(=O)C23CC4CC(CC(C4)C2)C3)C1CO. The summed E-state index contributed by atoms with van der Waals surface area (Å²) < 4.78 is 0. The molecule has 3 nitrogen and oxygen atoms in total. The van der Waals surface area contributed by atoms with E-state index in [1.54, 1.807) is 0 Å². The minimum Gasteiger partial charge on any atom is -0.394 e. The summed E-state index contributed by atoms with van der Waals surface area (Å²) in [6.45, 7) is 3.18.